The fraction of sp³-hybridized carbons (Fsp3) is 0.545. The molecule has 1 aliphatic heterocycles. The average Bonchev–Trinajstić information content (AvgIpc) is 3.18. The van der Waals surface area contributed by atoms with Crippen LogP contribution >= 0.6 is 30.3 Å². The van der Waals surface area contributed by atoms with Crippen LogP contribution in [0.4, 0.5) is 4.79 Å². The third kappa shape index (κ3) is 9.65. The molecule has 1 aromatic rings. The van der Waals surface area contributed by atoms with Gasteiger partial charge in [0.25, 0.3) is 0 Å². The zero-order valence-electron chi connectivity index (χ0n) is 18.8. The second-order valence-electron chi connectivity index (χ2n) is 8.05. The number of hydrogen-bond acceptors (Lipinski definition) is 7. The summed E-state index contributed by atoms with van der Waals surface area (Å²) in [5.41, 5.74) is 1.35. The van der Waals surface area contributed by atoms with E-state index in [0.29, 0.717) is 39.5 Å². The van der Waals surface area contributed by atoms with Gasteiger partial charge in [0.15, 0.2) is 0 Å². The first kappa shape index (κ1) is 26.9. The van der Waals surface area contributed by atoms with Crippen molar-refractivity contribution in [2.75, 3.05) is 46.1 Å². The summed E-state index contributed by atoms with van der Waals surface area (Å²) in [5.74, 6) is -0.0696. The Morgan fingerprint density at radius 3 is 2.28 bits per heavy atom. The summed E-state index contributed by atoms with van der Waals surface area (Å²) in [6.07, 6.45) is 1.53. The molecule has 1 atom stereocenters. The highest BCUT2D eigenvalue weighted by Crippen LogP contribution is 2.40. The first-order chi connectivity index (χ1) is 15.3. The molecule has 0 radical (unpaired) electrons. The summed E-state index contributed by atoms with van der Waals surface area (Å²) < 4.78 is 18.2. The largest absolute Gasteiger partial charge is 0.444 e. The Morgan fingerprint density at radius 2 is 1.69 bits per heavy atom. The van der Waals surface area contributed by atoms with Crippen LogP contribution < -0.4 is 10.6 Å². The van der Waals surface area contributed by atoms with Crippen LogP contribution in [0.2, 0.25) is 0 Å². The molecule has 1 aliphatic rings. The van der Waals surface area contributed by atoms with Gasteiger partial charge in [-0.3, -0.25) is 4.79 Å². The summed E-state index contributed by atoms with van der Waals surface area (Å²) >= 11 is 2.25. The van der Waals surface area contributed by atoms with Gasteiger partial charge in [-0.25, -0.2) is 9.10 Å². The zero-order valence-corrected chi connectivity index (χ0v) is 21.7. The van der Waals surface area contributed by atoms with Crippen molar-refractivity contribution in [3.8, 4) is 0 Å². The lowest BCUT2D eigenvalue weighted by Crippen LogP contribution is -2.34. The molecule has 0 aromatic heterocycles. The molecule has 32 heavy (non-hydrogen) atoms. The summed E-state index contributed by atoms with van der Waals surface area (Å²) in [4.78, 5) is 24.2. The van der Waals surface area contributed by atoms with E-state index < -0.39 is 11.7 Å². The number of amides is 2. The van der Waals surface area contributed by atoms with Gasteiger partial charge in [0.2, 0.25) is 5.91 Å². The summed E-state index contributed by atoms with van der Waals surface area (Å²) in [5, 5.41) is 5.57. The second-order valence-corrected chi connectivity index (χ2v) is 9.84. The highest BCUT2D eigenvalue weighted by Gasteiger charge is 2.32. The maximum atomic E-state index is 12.7. The third-order valence-corrected chi connectivity index (χ3v) is 6.41. The third-order valence-electron chi connectivity index (χ3n) is 4.36. The number of nitrogens with one attached hydrogen (secondary N) is 2. The van der Waals surface area contributed by atoms with Crippen molar-refractivity contribution in [3.63, 3.8) is 0 Å². The van der Waals surface area contributed by atoms with Gasteiger partial charge in [-0.15, -0.1) is 0 Å². The lowest BCUT2D eigenvalue weighted by atomic mass is 10.0. The number of ether oxygens (including phenoxy) is 3. The molecule has 1 heterocycles. The number of benzene rings is 1. The zero-order chi connectivity index (χ0) is 23.4. The van der Waals surface area contributed by atoms with Crippen molar-refractivity contribution in [1.82, 2.24) is 14.9 Å². The predicted octanol–water partition coefficient (Wildman–Crippen LogP) is 3.64. The molecule has 0 saturated carbocycles. The highest BCUT2D eigenvalue weighted by atomic mass is 127. The average molecular weight is 577 g/mol. The minimum absolute atomic E-state index is 0.0540. The molecule has 2 N–H and O–H groups in total. The normalized spacial score (nSPS) is 16.5. The minimum Gasteiger partial charge on any atom is -0.444 e. The van der Waals surface area contributed by atoms with Gasteiger partial charge in [0.1, 0.15) is 5.60 Å². The Labute approximate surface area is 206 Å². The molecule has 178 valence electrons. The van der Waals surface area contributed by atoms with Crippen LogP contribution in [-0.4, -0.2) is 68.0 Å². The van der Waals surface area contributed by atoms with E-state index in [1.54, 1.807) is 9.12 Å². The van der Waals surface area contributed by atoms with Crippen molar-refractivity contribution in [1.29, 1.82) is 0 Å². The number of hydrogen-bond donors (Lipinski definition) is 2. The Hall–Kier alpha value is -1.34. The fourth-order valence-electron chi connectivity index (χ4n) is 3.03. The highest BCUT2D eigenvalue weighted by molar-refractivity contribution is 14.2. The van der Waals surface area contributed by atoms with E-state index in [1.807, 2.05) is 57.2 Å². The molecular weight excluding hydrogens is 545 g/mol. The van der Waals surface area contributed by atoms with E-state index >= 15 is 0 Å². The molecule has 2 rings (SSSR count). The van der Waals surface area contributed by atoms with E-state index in [-0.39, 0.29) is 11.9 Å². The van der Waals surface area contributed by atoms with Crippen LogP contribution in [0.25, 0.3) is 0 Å². The maximum Gasteiger partial charge on any atom is 0.407 e. The van der Waals surface area contributed by atoms with E-state index in [2.05, 4.69) is 36.1 Å². The topological polar surface area (TPSA) is 89.1 Å². The SMILES string of the molecule is CC(C)(C)OC(=O)NCCOCCOCCNC(=O)C1=CCN(SI)C1c1ccccc1. The van der Waals surface area contributed by atoms with E-state index in [4.69, 9.17) is 14.2 Å². The van der Waals surface area contributed by atoms with Crippen molar-refractivity contribution in [2.45, 2.75) is 32.4 Å². The van der Waals surface area contributed by atoms with Gasteiger partial charge < -0.3 is 24.8 Å². The number of rotatable bonds is 12. The van der Waals surface area contributed by atoms with Gasteiger partial charge in [-0.2, -0.15) is 0 Å². The maximum absolute atomic E-state index is 12.7. The van der Waals surface area contributed by atoms with Gasteiger partial charge >= 0.3 is 6.09 Å². The van der Waals surface area contributed by atoms with Crippen LogP contribution in [0.1, 0.15) is 32.4 Å². The standard InChI is InChI=1S/C22H32IN3O5S/c1-22(2,3)31-21(28)25-11-14-30-16-15-29-13-10-24-20(27)18-9-12-26(32-23)19(18)17-7-5-4-6-8-17/h4-9,19H,10-16H2,1-3H3,(H,24,27)(H,25,28). The van der Waals surface area contributed by atoms with Gasteiger partial charge in [-0.05, 0) is 35.5 Å². The molecule has 0 spiro atoms. The Bertz CT molecular complexity index is 758. The van der Waals surface area contributed by atoms with Crippen molar-refractivity contribution < 1.29 is 23.8 Å². The lowest BCUT2D eigenvalue weighted by Gasteiger charge is -2.24. The molecule has 8 nitrogen and oxygen atoms in total. The van der Waals surface area contributed by atoms with Gasteiger partial charge in [-0.1, -0.05) is 36.4 Å². The van der Waals surface area contributed by atoms with Gasteiger partial charge in [0.05, 0.1) is 32.5 Å². The van der Waals surface area contributed by atoms with E-state index in [0.717, 1.165) is 17.7 Å². The van der Waals surface area contributed by atoms with Crippen molar-refractivity contribution in [3.05, 3.63) is 47.5 Å². The smallest absolute Gasteiger partial charge is 0.407 e. The number of carbonyl (C=O) groups excluding carboxylic acids is 2. The molecule has 0 bridgehead atoms. The molecular formula is C22H32IN3O5S. The molecule has 0 fully saturated rings. The van der Waals surface area contributed by atoms with Crippen LogP contribution in [0, 0.1) is 0 Å². The molecule has 0 aliphatic carbocycles. The molecule has 10 heteroatoms. The first-order valence-electron chi connectivity index (χ1n) is 10.5. The van der Waals surface area contributed by atoms with E-state index in [1.165, 1.54) is 0 Å². The number of carbonyl (C=O) groups is 2. The van der Waals surface area contributed by atoms with E-state index in [9.17, 15) is 9.59 Å². The Morgan fingerprint density at radius 1 is 1.06 bits per heavy atom. The minimum atomic E-state index is -0.515. The monoisotopic (exact) mass is 577 g/mol. The number of halogens is 1. The van der Waals surface area contributed by atoms with Crippen LogP contribution in [-0.2, 0) is 19.0 Å². The second kappa shape index (κ2) is 14.0. The van der Waals surface area contributed by atoms with Crippen LogP contribution in [0.15, 0.2) is 42.0 Å². The summed E-state index contributed by atoms with van der Waals surface area (Å²) in [6, 6.07) is 9.99. The molecule has 1 unspecified atom stereocenters. The van der Waals surface area contributed by atoms with Crippen LogP contribution in [0.5, 0.6) is 0 Å². The summed E-state index contributed by atoms with van der Waals surface area (Å²) in [6.45, 7) is 8.56. The quantitative estimate of drug-likeness (QED) is 0.223. The molecule has 1 aromatic carbocycles. The predicted molar refractivity (Wildman–Crippen MR) is 134 cm³/mol. The molecule has 2 amide bonds. The van der Waals surface area contributed by atoms with Gasteiger partial charge in [0, 0.05) is 46.4 Å². The van der Waals surface area contributed by atoms with Crippen LogP contribution in [0.3, 0.4) is 0 Å². The number of alkyl carbamates (subject to hydrolysis) is 1. The Kier molecular flexibility index (Phi) is 11.8. The summed E-state index contributed by atoms with van der Waals surface area (Å²) in [7, 11) is 1.61. The van der Waals surface area contributed by atoms with Crippen molar-refractivity contribution in [2.24, 2.45) is 0 Å². The van der Waals surface area contributed by atoms with Crippen molar-refractivity contribution >= 4 is 42.3 Å². The number of nitrogens with zero attached hydrogens (tertiary/aromatic N) is 1. The fourth-order valence-corrected chi connectivity index (χ4v) is 4.64. The molecule has 0 saturated heterocycles. The Balaban J connectivity index is 1.56. The first-order valence-corrected chi connectivity index (χ1v) is 13.8. The lowest BCUT2D eigenvalue weighted by molar-refractivity contribution is -0.118.